The molecule has 0 rings (SSSR count). The Labute approximate surface area is 86.4 Å². The zero-order chi connectivity index (χ0) is 11.0. The van der Waals surface area contributed by atoms with E-state index in [-0.39, 0.29) is 5.91 Å². The molecule has 0 aliphatic heterocycles. The highest BCUT2D eigenvalue weighted by Gasteiger charge is 2.01. The van der Waals surface area contributed by atoms with Crippen molar-refractivity contribution < 1.29 is 9.63 Å². The Morgan fingerprint density at radius 1 is 1.29 bits per heavy atom. The van der Waals surface area contributed by atoms with Crippen LogP contribution in [0.25, 0.3) is 0 Å². The van der Waals surface area contributed by atoms with Crippen molar-refractivity contribution in [2.24, 2.45) is 5.92 Å². The fraction of sp³-hybridized carbons (Fsp3) is 0.900. The lowest BCUT2D eigenvalue weighted by molar-refractivity contribution is -0.134. The average Bonchev–Trinajstić information content (AvgIpc) is 2.02. The van der Waals surface area contributed by atoms with Crippen LogP contribution in [0, 0.1) is 5.92 Å². The molecule has 0 aliphatic rings. The average molecular weight is 202 g/mol. The molecular weight excluding hydrogens is 180 g/mol. The smallest absolute Gasteiger partial charge is 0.244 e. The number of hydrogen-bond acceptors (Lipinski definition) is 3. The minimum absolute atomic E-state index is 0.0706. The van der Waals surface area contributed by atoms with E-state index in [1.54, 1.807) is 0 Å². The number of amides is 1. The third-order valence-corrected chi connectivity index (χ3v) is 1.51. The number of carbonyl (C=O) groups is 1. The van der Waals surface area contributed by atoms with E-state index in [0.717, 1.165) is 0 Å². The van der Waals surface area contributed by atoms with Gasteiger partial charge in [-0.05, 0) is 5.92 Å². The van der Waals surface area contributed by atoms with Gasteiger partial charge in [0.25, 0.3) is 0 Å². The summed E-state index contributed by atoms with van der Waals surface area (Å²) >= 11 is 0. The van der Waals surface area contributed by atoms with Crippen LogP contribution >= 0.6 is 0 Å². The summed E-state index contributed by atoms with van der Waals surface area (Å²) in [6, 6.07) is 0.416. The molecule has 0 radical (unpaired) electrons. The van der Waals surface area contributed by atoms with E-state index in [2.05, 4.69) is 10.8 Å². The maximum Gasteiger partial charge on any atom is 0.244 e. The second-order valence-corrected chi connectivity index (χ2v) is 4.09. The van der Waals surface area contributed by atoms with Crippen molar-refractivity contribution in [3.63, 3.8) is 0 Å². The van der Waals surface area contributed by atoms with Gasteiger partial charge < -0.3 is 5.32 Å². The lowest BCUT2D eigenvalue weighted by Crippen LogP contribution is -2.31. The van der Waals surface area contributed by atoms with E-state index < -0.39 is 0 Å². The lowest BCUT2D eigenvalue weighted by Gasteiger charge is -2.09. The molecule has 4 heteroatoms. The Balaban J connectivity index is 3.28. The van der Waals surface area contributed by atoms with E-state index in [4.69, 9.17) is 4.84 Å². The Morgan fingerprint density at radius 3 is 2.43 bits per heavy atom. The molecule has 0 spiro atoms. The van der Waals surface area contributed by atoms with Crippen molar-refractivity contribution >= 4 is 5.91 Å². The molecule has 0 fully saturated rings. The molecular formula is C10H22N2O2. The lowest BCUT2D eigenvalue weighted by atomic mass is 10.2. The second kappa shape index (κ2) is 7.76. The zero-order valence-electron chi connectivity index (χ0n) is 9.59. The van der Waals surface area contributed by atoms with Crippen LogP contribution < -0.4 is 10.8 Å². The van der Waals surface area contributed by atoms with Gasteiger partial charge in [-0.15, -0.1) is 0 Å². The van der Waals surface area contributed by atoms with Gasteiger partial charge in [-0.3, -0.25) is 9.63 Å². The van der Waals surface area contributed by atoms with Crippen molar-refractivity contribution in [3.05, 3.63) is 0 Å². The van der Waals surface area contributed by atoms with Gasteiger partial charge in [-0.2, -0.15) is 0 Å². The fourth-order valence-corrected chi connectivity index (χ4v) is 0.814. The Morgan fingerprint density at radius 2 is 1.93 bits per heavy atom. The molecule has 0 unspecified atom stereocenters. The summed E-state index contributed by atoms with van der Waals surface area (Å²) in [4.78, 5) is 16.1. The third-order valence-electron chi connectivity index (χ3n) is 1.51. The SMILES string of the molecule is CC(C)CONC(=O)CCNC(C)C. The predicted octanol–water partition coefficient (Wildman–Crippen LogP) is 1.08. The van der Waals surface area contributed by atoms with Crippen LogP contribution in [-0.4, -0.2) is 25.1 Å². The number of carbonyl (C=O) groups excluding carboxylic acids is 1. The third kappa shape index (κ3) is 9.48. The van der Waals surface area contributed by atoms with E-state index in [1.807, 2.05) is 27.7 Å². The highest BCUT2D eigenvalue weighted by molar-refractivity contribution is 5.74. The topological polar surface area (TPSA) is 50.4 Å². The molecule has 0 aliphatic carbocycles. The first-order chi connectivity index (χ1) is 6.52. The van der Waals surface area contributed by atoms with E-state index in [1.165, 1.54) is 0 Å². The van der Waals surface area contributed by atoms with Crippen LogP contribution in [0.2, 0.25) is 0 Å². The summed E-state index contributed by atoms with van der Waals surface area (Å²) in [6.45, 7) is 9.41. The first-order valence-corrected chi connectivity index (χ1v) is 5.16. The van der Waals surface area contributed by atoms with E-state index >= 15 is 0 Å². The molecule has 0 bridgehead atoms. The molecule has 84 valence electrons. The number of rotatable bonds is 7. The first kappa shape index (κ1) is 13.4. The quantitative estimate of drug-likeness (QED) is 0.607. The van der Waals surface area contributed by atoms with Crippen LogP contribution in [-0.2, 0) is 9.63 Å². The van der Waals surface area contributed by atoms with Gasteiger partial charge in [0.15, 0.2) is 0 Å². The fourth-order valence-electron chi connectivity index (χ4n) is 0.814. The van der Waals surface area contributed by atoms with Gasteiger partial charge in [0.2, 0.25) is 5.91 Å². The Hall–Kier alpha value is -0.610. The van der Waals surface area contributed by atoms with Crippen molar-refractivity contribution in [1.29, 1.82) is 0 Å². The molecule has 0 aromatic carbocycles. The minimum Gasteiger partial charge on any atom is -0.314 e. The van der Waals surface area contributed by atoms with Crippen molar-refractivity contribution in [1.82, 2.24) is 10.8 Å². The van der Waals surface area contributed by atoms with Gasteiger partial charge in [-0.25, -0.2) is 5.48 Å². The monoisotopic (exact) mass is 202 g/mol. The first-order valence-electron chi connectivity index (χ1n) is 5.16. The normalized spacial score (nSPS) is 11.0. The summed E-state index contributed by atoms with van der Waals surface area (Å²) in [5.41, 5.74) is 2.41. The van der Waals surface area contributed by atoms with E-state index in [9.17, 15) is 4.79 Å². The summed E-state index contributed by atoms with van der Waals surface area (Å²) in [5.74, 6) is 0.364. The number of hydroxylamine groups is 1. The minimum atomic E-state index is -0.0706. The molecule has 2 N–H and O–H groups in total. The highest BCUT2D eigenvalue weighted by Crippen LogP contribution is 1.90. The summed E-state index contributed by atoms with van der Waals surface area (Å²) in [7, 11) is 0. The zero-order valence-corrected chi connectivity index (χ0v) is 9.59. The standard InChI is InChI=1S/C10H22N2O2/c1-8(2)7-14-12-10(13)5-6-11-9(3)4/h8-9,11H,5-7H2,1-4H3,(H,12,13). The summed E-state index contributed by atoms with van der Waals surface area (Å²) < 4.78 is 0. The molecule has 0 heterocycles. The van der Waals surface area contributed by atoms with E-state index in [0.29, 0.717) is 31.5 Å². The molecule has 0 saturated heterocycles. The maximum atomic E-state index is 11.1. The van der Waals surface area contributed by atoms with Gasteiger partial charge in [0.1, 0.15) is 0 Å². The molecule has 0 atom stereocenters. The largest absolute Gasteiger partial charge is 0.314 e. The Kier molecular flexibility index (Phi) is 7.42. The summed E-state index contributed by atoms with van der Waals surface area (Å²) in [6.07, 6.45) is 0.455. The number of nitrogens with one attached hydrogen (secondary N) is 2. The van der Waals surface area contributed by atoms with Gasteiger partial charge in [-0.1, -0.05) is 27.7 Å². The molecule has 0 aromatic rings. The maximum absolute atomic E-state index is 11.1. The van der Waals surface area contributed by atoms with Gasteiger partial charge >= 0.3 is 0 Å². The van der Waals surface area contributed by atoms with Crippen LogP contribution in [0.4, 0.5) is 0 Å². The molecule has 4 nitrogen and oxygen atoms in total. The molecule has 1 amide bonds. The highest BCUT2D eigenvalue weighted by atomic mass is 16.6. The second-order valence-electron chi connectivity index (χ2n) is 4.09. The van der Waals surface area contributed by atoms with Crippen molar-refractivity contribution in [2.75, 3.05) is 13.2 Å². The van der Waals surface area contributed by atoms with Crippen LogP contribution in [0.1, 0.15) is 34.1 Å². The molecule has 0 saturated carbocycles. The predicted molar refractivity (Wildman–Crippen MR) is 56.7 cm³/mol. The van der Waals surface area contributed by atoms with Crippen LogP contribution in [0.15, 0.2) is 0 Å². The molecule has 14 heavy (non-hydrogen) atoms. The summed E-state index contributed by atoms with van der Waals surface area (Å²) in [5, 5.41) is 3.16. The van der Waals surface area contributed by atoms with Gasteiger partial charge in [0.05, 0.1) is 6.61 Å². The van der Waals surface area contributed by atoms with Gasteiger partial charge in [0, 0.05) is 19.0 Å². The van der Waals surface area contributed by atoms with Crippen LogP contribution in [0.3, 0.4) is 0 Å². The van der Waals surface area contributed by atoms with Crippen molar-refractivity contribution in [2.45, 2.75) is 40.2 Å². The van der Waals surface area contributed by atoms with Crippen LogP contribution in [0.5, 0.6) is 0 Å². The number of hydrogen-bond donors (Lipinski definition) is 2. The van der Waals surface area contributed by atoms with Crippen molar-refractivity contribution in [3.8, 4) is 0 Å². The Bertz CT molecular complexity index is 142. The molecule has 0 aromatic heterocycles.